The Bertz CT molecular complexity index is 548. The molecule has 0 unspecified atom stereocenters. The zero-order valence-corrected chi connectivity index (χ0v) is 14.8. The van der Waals surface area contributed by atoms with Crippen LogP contribution in [0.25, 0.3) is 0 Å². The van der Waals surface area contributed by atoms with Crippen LogP contribution in [-0.2, 0) is 11.3 Å². The van der Waals surface area contributed by atoms with E-state index in [4.69, 9.17) is 5.73 Å². The Labute approximate surface area is 144 Å². The second kappa shape index (κ2) is 8.83. The van der Waals surface area contributed by atoms with E-state index in [0.717, 1.165) is 31.5 Å². The summed E-state index contributed by atoms with van der Waals surface area (Å²) in [6.45, 7) is 6.23. The Morgan fingerprint density at radius 3 is 2.33 bits per heavy atom. The zero-order valence-electron chi connectivity index (χ0n) is 14.8. The normalized spacial score (nSPS) is 16.1. The molecule has 1 heterocycles. The fourth-order valence-electron chi connectivity index (χ4n) is 2.98. The van der Waals surface area contributed by atoms with Crippen molar-refractivity contribution in [1.82, 2.24) is 10.2 Å². The summed E-state index contributed by atoms with van der Waals surface area (Å²) in [5.74, 6) is 0.368. The van der Waals surface area contributed by atoms with Gasteiger partial charge in [0.2, 0.25) is 5.91 Å². The first-order valence-corrected chi connectivity index (χ1v) is 8.89. The summed E-state index contributed by atoms with van der Waals surface area (Å²) in [7, 11) is 0. The van der Waals surface area contributed by atoms with Gasteiger partial charge in [0, 0.05) is 25.2 Å². The molecular formula is C19H29N3O2. The van der Waals surface area contributed by atoms with Gasteiger partial charge in [-0.3, -0.25) is 9.59 Å². The topological polar surface area (TPSA) is 75.4 Å². The first-order valence-electron chi connectivity index (χ1n) is 8.89. The fourth-order valence-corrected chi connectivity index (χ4v) is 2.98. The van der Waals surface area contributed by atoms with Gasteiger partial charge < -0.3 is 16.0 Å². The second-order valence-electron chi connectivity index (χ2n) is 7.00. The van der Waals surface area contributed by atoms with Crippen LogP contribution in [0.2, 0.25) is 0 Å². The molecular weight excluding hydrogens is 302 g/mol. The number of nitrogens with two attached hydrogens (primary N) is 1. The van der Waals surface area contributed by atoms with Gasteiger partial charge >= 0.3 is 0 Å². The molecule has 5 nitrogen and oxygen atoms in total. The van der Waals surface area contributed by atoms with Crippen LogP contribution in [0.15, 0.2) is 24.3 Å². The molecule has 3 N–H and O–H groups in total. The van der Waals surface area contributed by atoms with Crippen molar-refractivity contribution in [2.45, 2.75) is 52.1 Å². The van der Waals surface area contributed by atoms with E-state index in [1.54, 1.807) is 0 Å². The lowest BCUT2D eigenvalue weighted by molar-refractivity contribution is -0.122. The smallest absolute Gasteiger partial charge is 0.253 e. The van der Waals surface area contributed by atoms with Crippen LogP contribution in [0.4, 0.5) is 0 Å². The molecule has 24 heavy (non-hydrogen) atoms. The van der Waals surface area contributed by atoms with Crippen LogP contribution >= 0.6 is 0 Å². The third-order valence-electron chi connectivity index (χ3n) is 4.37. The van der Waals surface area contributed by atoms with Crippen LogP contribution in [0.1, 0.15) is 55.5 Å². The van der Waals surface area contributed by atoms with Gasteiger partial charge in [-0.15, -0.1) is 0 Å². The Morgan fingerprint density at radius 1 is 1.12 bits per heavy atom. The van der Waals surface area contributed by atoms with E-state index in [-0.39, 0.29) is 11.8 Å². The highest BCUT2D eigenvalue weighted by Gasteiger charge is 2.18. The molecule has 1 aliphatic rings. The van der Waals surface area contributed by atoms with Crippen LogP contribution < -0.4 is 11.1 Å². The molecule has 1 aromatic rings. The third-order valence-corrected chi connectivity index (χ3v) is 4.37. The lowest BCUT2D eigenvalue weighted by atomic mass is 10.0. The molecule has 1 aliphatic heterocycles. The van der Waals surface area contributed by atoms with Crippen molar-refractivity contribution in [1.29, 1.82) is 0 Å². The van der Waals surface area contributed by atoms with Gasteiger partial charge in [-0.25, -0.2) is 0 Å². The average molecular weight is 331 g/mol. The zero-order chi connectivity index (χ0) is 17.5. The number of carbonyl (C=O) groups is 2. The van der Waals surface area contributed by atoms with Crippen molar-refractivity contribution < 1.29 is 9.59 Å². The largest absolute Gasteiger partial charge is 0.351 e. The highest BCUT2D eigenvalue weighted by atomic mass is 16.2. The highest BCUT2D eigenvalue weighted by molar-refractivity contribution is 5.94. The van der Waals surface area contributed by atoms with Crippen molar-refractivity contribution in [2.75, 3.05) is 13.1 Å². The average Bonchev–Trinajstić information content (AvgIpc) is 2.59. The van der Waals surface area contributed by atoms with Gasteiger partial charge in [-0.1, -0.05) is 26.0 Å². The molecule has 1 atom stereocenters. The fraction of sp³-hybridized carbons (Fsp3) is 0.579. The predicted octanol–water partition coefficient (Wildman–Crippen LogP) is 2.30. The molecule has 1 aromatic carbocycles. The number of amides is 2. The lowest BCUT2D eigenvalue weighted by Crippen LogP contribution is -2.41. The number of likely N-dealkylation sites (tertiary alicyclic amines) is 1. The molecule has 0 spiro atoms. The summed E-state index contributed by atoms with van der Waals surface area (Å²) in [5, 5.41) is 2.86. The Balaban J connectivity index is 1.85. The minimum Gasteiger partial charge on any atom is -0.351 e. The molecule has 0 saturated carbocycles. The quantitative estimate of drug-likeness (QED) is 0.840. The summed E-state index contributed by atoms with van der Waals surface area (Å²) in [6, 6.07) is 7.00. The molecule has 0 radical (unpaired) electrons. The second-order valence-corrected chi connectivity index (χ2v) is 7.00. The first-order chi connectivity index (χ1) is 11.5. The number of hydrogen-bond donors (Lipinski definition) is 2. The molecule has 0 aromatic heterocycles. The van der Waals surface area contributed by atoms with Crippen LogP contribution in [-0.4, -0.2) is 35.8 Å². The number of nitrogens with one attached hydrogen (secondary N) is 1. The van der Waals surface area contributed by atoms with Crippen LogP contribution in [0.5, 0.6) is 0 Å². The number of nitrogens with zero attached hydrogens (tertiary/aromatic N) is 1. The molecule has 132 valence electrons. The first kappa shape index (κ1) is 18.5. The van der Waals surface area contributed by atoms with Crippen molar-refractivity contribution in [3.63, 3.8) is 0 Å². The standard InChI is InChI=1S/C19H29N3O2/c1-14(2)12-17(20)18(23)21-13-15-6-8-16(9-7-15)19(24)22-10-4-3-5-11-22/h6-9,14,17H,3-5,10-13,20H2,1-2H3,(H,21,23)/t17-/m0/s1. The highest BCUT2D eigenvalue weighted by Crippen LogP contribution is 2.14. The molecule has 0 bridgehead atoms. The SMILES string of the molecule is CC(C)C[C@H](N)C(=O)NCc1ccc(C(=O)N2CCCCC2)cc1. The number of rotatable bonds is 6. The van der Waals surface area contributed by atoms with Crippen LogP contribution in [0.3, 0.4) is 0 Å². The number of carbonyl (C=O) groups excluding carboxylic acids is 2. The Morgan fingerprint density at radius 2 is 1.75 bits per heavy atom. The number of benzene rings is 1. The Kier molecular flexibility index (Phi) is 6.79. The predicted molar refractivity (Wildman–Crippen MR) is 95.5 cm³/mol. The van der Waals surface area contributed by atoms with Gasteiger partial charge in [0.05, 0.1) is 6.04 Å². The van der Waals surface area contributed by atoms with Gasteiger partial charge in [0.25, 0.3) is 5.91 Å². The molecule has 1 saturated heterocycles. The number of piperidine rings is 1. The van der Waals surface area contributed by atoms with E-state index >= 15 is 0 Å². The van der Waals surface area contributed by atoms with E-state index < -0.39 is 6.04 Å². The monoisotopic (exact) mass is 331 g/mol. The summed E-state index contributed by atoms with van der Waals surface area (Å²) in [5.41, 5.74) is 7.55. The summed E-state index contributed by atoms with van der Waals surface area (Å²) < 4.78 is 0. The van der Waals surface area contributed by atoms with Crippen LogP contribution in [0, 0.1) is 5.92 Å². The molecule has 0 aliphatic carbocycles. The van der Waals surface area contributed by atoms with Crippen molar-refractivity contribution >= 4 is 11.8 Å². The van der Waals surface area contributed by atoms with Crippen molar-refractivity contribution in [3.05, 3.63) is 35.4 Å². The third kappa shape index (κ3) is 5.34. The maximum absolute atomic E-state index is 12.4. The van der Waals surface area contributed by atoms with E-state index in [2.05, 4.69) is 5.32 Å². The molecule has 2 amide bonds. The van der Waals surface area contributed by atoms with E-state index in [0.29, 0.717) is 24.4 Å². The van der Waals surface area contributed by atoms with Crippen molar-refractivity contribution in [2.24, 2.45) is 11.7 Å². The minimum absolute atomic E-state index is 0.101. The maximum atomic E-state index is 12.4. The van der Waals surface area contributed by atoms with Gasteiger partial charge in [-0.05, 0) is 49.3 Å². The maximum Gasteiger partial charge on any atom is 0.253 e. The number of hydrogen-bond acceptors (Lipinski definition) is 3. The van der Waals surface area contributed by atoms with Crippen molar-refractivity contribution in [3.8, 4) is 0 Å². The van der Waals surface area contributed by atoms with E-state index in [9.17, 15) is 9.59 Å². The van der Waals surface area contributed by atoms with Gasteiger partial charge in [0.1, 0.15) is 0 Å². The van der Waals surface area contributed by atoms with Gasteiger partial charge in [-0.2, -0.15) is 0 Å². The minimum atomic E-state index is -0.468. The van der Waals surface area contributed by atoms with E-state index in [1.165, 1.54) is 6.42 Å². The Hall–Kier alpha value is -1.88. The van der Waals surface area contributed by atoms with Gasteiger partial charge in [0.15, 0.2) is 0 Å². The molecule has 5 heteroatoms. The summed E-state index contributed by atoms with van der Waals surface area (Å²) in [4.78, 5) is 26.3. The summed E-state index contributed by atoms with van der Waals surface area (Å²) >= 11 is 0. The van der Waals surface area contributed by atoms with E-state index in [1.807, 2.05) is 43.0 Å². The lowest BCUT2D eigenvalue weighted by Gasteiger charge is -2.26. The molecule has 2 rings (SSSR count). The molecule has 1 fully saturated rings. The summed E-state index contributed by atoms with van der Waals surface area (Å²) in [6.07, 6.45) is 4.06.